The van der Waals surface area contributed by atoms with Gasteiger partial charge in [-0.3, -0.25) is 0 Å². The summed E-state index contributed by atoms with van der Waals surface area (Å²) in [6.07, 6.45) is 1.65. The summed E-state index contributed by atoms with van der Waals surface area (Å²) in [5, 5.41) is 9.17. The maximum atomic E-state index is 12.8. The first-order valence-corrected chi connectivity index (χ1v) is 5.54. The molecule has 5 heteroatoms. The Morgan fingerprint density at radius 2 is 2.06 bits per heavy atom. The van der Waals surface area contributed by atoms with Crippen LogP contribution in [-0.2, 0) is 10.2 Å². The number of hydrogen-bond acceptors (Lipinski definition) is 3. The van der Waals surface area contributed by atoms with Gasteiger partial charge in [-0.2, -0.15) is 5.26 Å². The highest BCUT2D eigenvalue weighted by Gasteiger charge is 2.43. The molecule has 1 saturated heterocycles. The first-order valence-electron chi connectivity index (χ1n) is 5.54. The number of ether oxygens (including phenoxy) is 1. The Hall–Kier alpha value is -2.19. The highest BCUT2D eigenvalue weighted by atomic mass is 19.1. The third kappa shape index (κ3) is 1.59. The lowest BCUT2D eigenvalue weighted by Gasteiger charge is -2.32. The first-order chi connectivity index (χ1) is 8.73. The van der Waals surface area contributed by atoms with Crippen LogP contribution in [0.5, 0.6) is 0 Å². The minimum atomic E-state index is -0.654. The van der Waals surface area contributed by atoms with Gasteiger partial charge in [0.25, 0.3) is 0 Å². The molecule has 0 spiro atoms. The van der Waals surface area contributed by atoms with E-state index in [9.17, 15) is 4.39 Å². The fraction of sp³-hybridized carbons (Fsp3) is 0.231. The van der Waals surface area contributed by atoms with Gasteiger partial charge in [-0.1, -0.05) is 0 Å². The topological polar surface area (TPSA) is 61.7 Å². The predicted molar refractivity (Wildman–Crippen MR) is 62.1 cm³/mol. The lowest BCUT2D eigenvalue weighted by Crippen LogP contribution is -2.46. The Morgan fingerprint density at radius 1 is 1.33 bits per heavy atom. The zero-order valence-corrected chi connectivity index (χ0v) is 9.48. The number of aromatic amines is 1. The van der Waals surface area contributed by atoms with E-state index in [4.69, 9.17) is 10.00 Å². The van der Waals surface area contributed by atoms with Crippen molar-refractivity contribution in [3.8, 4) is 17.3 Å². The molecule has 0 saturated carbocycles. The summed E-state index contributed by atoms with van der Waals surface area (Å²) >= 11 is 0. The van der Waals surface area contributed by atoms with Crippen molar-refractivity contribution in [3.05, 3.63) is 42.1 Å². The first kappa shape index (κ1) is 10.9. The van der Waals surface area contributed by atoms with Crippen LogP contribution < -0.4 is 0 Å². The summed E-state index contributed by atoms with van der Waals surface area (Å²) in [6, 6.07) is 8.35. The molecular weight excluding hydrogens is 233 g/mol. The Balaban J connectivity index is 1.95. The minimum Gasteiger partial charge on any atom is -0.377 e. The van der Waals surface area contributed by atoms with Crippen LogP contribution in [0.2, 0.25) is 0 Å². The van der Waals surface area contributed by atoms with Crippen LogP contribution in [0, 0.1) is 17.1 Å². The molecule has 90 valence electrons. The van der Waals surface area contributed by atoms with E-state index in [-0.39, 0.29) is 5.82 Å². The van der Waals surface area contributed by atoms with Crippen molar-refractivity contribution in [1.29, 1.82) is 5.26 Å². The molecular formula is C13H10FN3O. The van der Waals surface area contributed by atoms with Crippen molar-refractivity contribution in [2.45, 2.75) is 5.41 Å². The second-order valence-corrected chi connectivity index (χ2v) is 4.34. The Labute approximate surface area is 103 Å². The lowest BCUT2D eigenvalue weighted by molar-refractivity contribution is -0.0335. The molecule has 0 radical (unpaired) electrons. The van der Waals surface area contributed by atoms with E-state index in [2.05, 4.69) is 16.0 Å². The molecule has 1 aromatic heterocycles. The van der Waals surface area contributed by atoms with Gasteiger partial charge in [0.05, 0.1) is 31.2 Å². The molecule has 1 aliphatic heterocycles. The number of rotatable bonds is 2. The number of hydrogen-bond donors (Lipinski definition) is 1. The zero-order chi connectivity index (χ0) is 12.6. The van der Waals surface area contributed by atoms with Crippen molar-refractivity contribution < 1.29 is 9.13 Å². The lowest BCUT2D eigenvalue weighted by atomic mass is 9.87. The van der Waals surface area contributed by atoms with Crippen LogP contribution in [0.1, 0.15) is 5.82 Å². The summed E-state index contributed by atoms with van der Waals surface area (Å²) in [7, 11) is 0. The molecule has 1 fully saturated rings. The Morgan fingerprint density at radius 3 is 2.61 bits per heavy atom. The Kier molecular flexibility index (Phi) is 2.39. The SMILES string of the molecule is N#CC1(c2ncc(-c3ccc(F)cc3)[nH]2)COC1. The number of aromatic nitrogens is 2. The van der Waals surface area contributed by atoms with E-state index in [0.29, 0.717) is 19.0 Å². The van der Waals surface area contributed by atoms with Gasteiger partial charge in [0.2, 0.25) is 0 Å². The van der Waals surface area contributed by atoms with Gasteiger partial charge >= 0.3 is 0 Å². The van der Waals surface area contributed by atoms with Gasteiger partial charge in [-0.15, -0.1) is 0 Å². The number of benzene rings is 1. The smallest absolute Gasteiger partial charge is 0.161 e. The summed E-state index contributed by atoms with van der Waals surface area (Å²) in [6.45, 7) is 0.722. The van der Waals surface area contributed by atoms with Crippen LogP contribution in [0.3, 0.4) is 0 Å². The molecule has 0 amide bonds. The highest BCUT2D eigenvalue weighted by Crippen LogP contribution is 2.30. The van der Waals surface area contributed by atoms with Crippen molar-refractivity contribution >= 4 is 0 Å². The largest absolute Gasteiger partial charge is 0.377 e. The number of H-pyrrole nitrogens is 1. The van der Waals surface area contributed by atoms with E-state index in [0.717, 1.165) is 11.3 Å². The molecule has 3 rings (SSSR count). The molecule has 0 atom stereocenters. The molecule has 4 nitrogen and oxygen atoms in total. The molecule has 0 bridgehead atoms. The molecule has 1 aliphatic rings. The maximum absolute atomic E-state index is 12.8. The van der Waals surface area contributed by atoms with Gasteiger partial charge in [0.15, 0.2) is 5.41 Å². The second-order valence-electron chi connectivity index (χ2n) is 4.34. The summed E-state index contributed by atoms with van der Waals surface area (Å²) < 4.78 is 17.9. The summed E-state index contributed by atoms with van der Waals surface area (Å²) in [5.41, 5.74) is 0.952. The highest BCUT2D eigenvalue weighted by molar-refractivity contribution is 5.58. The standard InChI is InChI=1S/C13H10FN3O/c14-10-3-1-9(2-4-10)11-5-16-12(17-11)13(6-15)7-18-8-13/h1-5H,7-8H2,(H,16,17). The molecule has 1 N–H and O–H groups in total. The number of halogens is 1. The van der Waals surface area contributed by atoms with Crippen LogP contribution in [0.4, 0.5) is 4.39 Å². The van der Waals surface area contributed by atoms with E-state index >= 15 is 0 Å². The second kappa shape index (κ2) is 3.93. The van der Waals surface area contributed by atoms with Crippen molar-refractivity contribution in [2.75, 3.05) is 13.2 Å². The number of nitrogens with one attached hydrogen (secondary N) is 1. The molecule has 1 aromatic carbocycles. The molecule has 2 aromatic rings. The van der Waals surface area contributed by atoms with E-state index < -0.39 is 5.41 Å². The fourth-order valence-corrected chi connectivity index (χ4v) is 1.90. The molecule has 0 aliphatic carbocycles. The quantitative estimate of drug-likeness (QED) is 0.877. The van der Waals surface area contributed by atoms with E-state index in [1.165, 1.54) is 12.1 Å². The third-order valence-corrected chi connectivity index (χ3v) is 3.10. The van der Waals surface area contributed by atoms with E-state index in [1.54, 1.807) is 18.3 Å². The molecule has 18 heavy (non-hydrogen) atoms. The van der Waals surface area contributed by atoms with Gasteiger partial charge in [-0.25, -0.2) is 9.37 Å². The van der Waals surface area contributed by atoms with Crippen molar-refractivity contribution in [3.63, 3.8) is 0 Å². The fourth-order valence-electron chi connectivity index (χ4n) is 1.90. The van der Waals surface area contributed by atoms with Crippen LogP contribution >= 0.6 is 0 Å². The van der Waals surface area contributed by atoms with Gasteiger partial charge in [-0.05, 0) is 29.8 Å². The normalized spacial score (nSPS) is 16.9. The predicted octanol–water partition coefficient (Wildman–Crippen LogP) is 2.01. The van der Waals surface area contributed by atoms with Gasteiger partial charge in [0.1, 0.15) is 11.6 Å². The van der Waals surface area contributed by atoms with Gasteiger partial charge in [0, 0.05) is 0 Å². The van der Waals surface area contributed by atoms with Crippen molar-refractivity contribution in [1.82, 2.24) is 9.97 Å². The Bertz CT molecular complexity index is 608. The maximum Gasteiger partial charge on any atom is 0.161 e. The summed E-state index contributed by atoms with van der Waals surface area (Å²) in [4.78, 5) is 7.33. The number of nitrogens with zero attached hydrogens (tertiary/aromatic N) is 2. The summed E-state index contributed by atoms with van der Waals surface area (Å²) in [5.74, 6) is 0.329. The minimum absolute atomic E-state index is 0.278. The average Bonchev–Trinajstić information content (AvgIpc) is 2.79. The van der Waals surface area contributed by atoms with Gasteiger partial charge < -0.3 is 9.72 Å². The average molecular weight is 243 g/mol. The third-order valence-electron chi connectivity index (χ3n) is 3.10. The number of imidazole rings is 1. The number of nitriles is 1. The molecule has 2 heterocycles. The van der Waals surface area contributed by atoms with E-state index in [1.807, 2.05) is 0 Å². The van der Waals surface area contributed by atoms with Crippen molar-refractivity contribution in [2.24, 2.45) is 0 Å². The van der Waals surface area contributed by atoms with Crippen LogP contribution in [0.15, 0.2) is 30.5 Å². The molecule has 0 unspecified atom stereocenters. The monoisotopic (exact) mass is 243 g/mol. The van der Waals surface area contributed by atoms with Crippen LogP contribution in [-0.4, -0.2) is 23.2 Å². The zero-order valence-electron chi connectivity index (χ0n) is 9.48. The van der Waals surface area contributed by atoms with Crippen LogP contribution in [0.25, 0.3) is 11.3 Å².